The molecule has 0 atom stereocenters. The number of carbonyl (C=O) groups is 2. The number of halogens is 1. The number of nitrogens with one attached hydrogen (secondary N) is 2. The van der Waals surface area contributed by atoms with Gasteiger partial charge in [0.1, 0.15) is 0 Å². The van der Waals surface area contributed by atoms with Gasteiger partial charge in [0.15, 0.2) is 0 Å². The van der Waals surface area contributed by atoms with Crippen molar-refractivity contribution in [2.75, 3.05) is 12.3 Å². The van der Waals surface area contributed by atoms with Crippen molar-refractivity contribution in [3.8, 4) is 0 Å². The van der Waals surface area contributed by atoms with Crippen LogP contribution in [0.2, 0.25) is 5.02 Å². The monoisotopic (exact) mass is 390 g/mol. The van der Waals surface area contributed by atoms with Gasteiger partial charge in [0.2, 0.25) is 0 Å². The van der Waals surface area contributed by atoms with Crippen molar-refractivity contribution in [1.29, 1.82) is 0 Å². The molecule has 0 unspecified atom stereocenters. The standard InChI is InChI=1S/C20H23ClN2O2S/c1-20(2,3)23-19(25)15-6-4-14(5-7-15)18(24)22-12-13-26-17-10-8-16(21)9-11-17/h4-11H,12-13H2,1-3H3,(H,22,24)(H,23,25). The SMILES string of the molecule is CC(C)(C)NC(=O)c1ccc(C(=O)NCCSc2ccc(Cl)cc2)cc1. The first-order valence-corrected chi connectivity index (χ1v) is 9.70. The molecule has 0 bridgehead atoms. The Hall–Kier alpha value is -1.98. The Labute approximate surface area is 163 Å². The number of carbonyl (C=O) groups excluding carboxylic acids is 2. The van der Waals surface area contributed by atoms with Gasteiger partial charge in [0.25, 0.3) is 11.8 Å². The van der Waals surface area contributed by atoms with Gasteiger partial charge in [-0.3, -0.25) is 9.59 Å². The summed E-state index contributed by atoms with van der Waals surface area (Å²) in [6, 6.07) is 14.3. The highest BCUT2D eigenvalue weighted by Crippen LogP contribution is 2.19. The van der Waals surface area contributed by atoms with Crippen LogP contribution >= 0.6 is 23.4 Å². The summed E-state index contributed by atoms with van der Waals surface area (Å²) >= 11 is 7.50. The molecule has 0 spiro atoms. The average molecular weight is 391 g/mol. The molecule has 0 saturated carbocycles. The summed E-state index contributed by atoms with van der Waals surface area (Å²) in [5, 5.41) is 6.49. The molecule has 0 aliphatic heterocycles. The Kier molecular flexibility index (Phi) is 7.12. The van der Waals surface area contributed by atoms with E-state index in [9.17, 15) is 9.59 Å². The van der Waals surface area contributed by atoms with Crippen LogP contribution in [-0.4, -0.2) is 29.7 Å². The molecule has 2 N–H and O–H groups in total. The van der Waals surface area contributed by atoms with E-state index in [-0.39, 0.29) is 17.4 Å². The molecule has 26 heavy (non-hydrogen) atoms. The van der Waals surface area contributed by atoms with E-state index in [0.29, 0.717) is 22.7 Å². The highest BCUT2D eigenvalue weighted by Gasteiger charge is 2.15. The summed E-state index contributed by atoms with van der Waals surface area (Å²) in [6.45, 7) is 6.33. The van der Waals surface area contributed by atoms with E-state index in [4.69, 9.17) is 11.6 Å². The van der Waals surface area contributed by atoms with E-state index in [1.807, 2.05) is 45.0 Å². The Balaban J connectivity index is 1.80. The fraction of sp³-hybridized carbons (Fsp3) is 0.300. The minimum absolute atomic E-state index is 0.149. The Bertz CT molecular complexity index is 753. The maximum absolute atomic E-state index is 12.2. The molecule has 2 amide bonds. The molecule has 0 heterocycles. The van der Waals surface area contributed by atoms with Gasteiger partial charge < -0.3 is 10.6 Å². The van der Waals surface area contributed by atoms with Crippen molar-refractivity contribution in [2.24, 2.45) is 0 Å². The van der Waals surface area contributed by atoms with Crippen LogP contribution in [0.15, 0.2) is 53.4 Å². The smallest absolute Gasteiger partial charge is 0.251 e. The first kappa shape index (κ1) is 20.3. The summed E-state index contributed by atoms with van der Waals surface area (Å²) in [6.07, 6.45) is 0. The van der Waals surface area contributed by atoms with E-state index < -0.39 is 0 Å². The van der Waals surface area contributed by atoms with E-state index in [0.717, 1.165) is 10.6 Å². The average Bonchev–Trinajstić information content (AvgIpc) is 2.59. The topological polar surface area (TPSA) is 58.2 Å². The first-order valence-electron chi connectivity index (χ1n) is 8.34. The van der Waals surface area contributed by atoms with Crippen LogP contribution < -0.4 is 10.6 Å². The highest BCUT2D eigenvalue weighted by atomic mass is 35.5. The third-order valence-electron chi connectivity index (χ3n) is 3.37. The molecule has 0 aliphatic rings. The molecular weight excluding hydrogens is 368 g/mol. The number of amides is 2. The normalized spacial score (nSPS) is 11.1. The lowest BCUT2D eigenvalue weighted by molar-refractivity contribution is 0.0915. The summed E-state index contributed by atoms with van der Waals surface area (Å²) in [4.78, 5) is 25.4. The van der Waals surface area contributed by atoms with Gasteiger partial charge in [-0.1, -0.05) is 11.6 Å². The molecule has 0 radical (unpaired) electrons. The fourth-order valence-corrected chi connectivity index (χ4v) is 3.05. The quantitative estimate of drug-likeness (QED) is 0.568. The van der Waals surface area contributed by atoms with Gasteiger partial charge in [-0.25, -0.2) is 0 Å². The lowest BCUT2D eigenvalue weighted by Crippen LogP contribution is -2.40. The van der Waals surface area contributed by atoms with Crippen LogP contribution in [-0.2, 0) is 0 Å². The van der Waals surface area contributed by atoms with Crippen molar-refractivity contribution in [2.45, 2.75) is 31.2 Å². The second-order valence-corrected chi connectivity index (χ2v) is 8.44. The lowest BCUT2D eigenvalue weighted by atomic mass is 10.1. The van der Waals surface area contributed by atoms with Crippen LogP contribution in [0, 0.1) is 0 Å². The third-order valence-corrected chi connectivity index (χ3v) is 4.63. The van der Waals surface area contributed by atoms with Gasteiger partial charge in [0, 0.05) is 38.9 Å². The maximum atomic E-state index is 12.2. The molecule has 0 saturated heterocycles. The Morgan fingerprint density at radius 1 is 0.923 bits per heavy atom. The summed E-state index contributed by atoms with van der Waals surface area (Å²) in [5.41, 5.74) is 0.776. The van der Waals surface area contributed by atoms with Gasteiger partial charge in [-0.15, -0.1) is 11.8 Å². The molecule has 0 fully saturated rings. The Morgan fingerprint density at radius 3 is 2.00 bits per heavy atom. The van der Waals surface area contributed by atoms with Crippen molar-refractivity contribution in [3.05, 3.63) is 64.7 Å². The second kappa shape index (κ2) is 9.10. The molecule has 2 rings (SSSR count). The van der Waals surface area contributed by atoms with Crippen molar-refractivity contribution in [3.63, 3.8) is 0 Å². The van der Waals surface area contributed by atoms with Gasteiger partial charge in [-0.05, 0) is 69.3 Å². The van der Waals surface area contributed by atoms with Crippen LogP contribution in [0.25, 0.3) is 0 Å². The van der Waals surface area contributed by atoms with Crippen molar-refractivity contribution < 1.29 is 9.59 Å². The van der Waals surface area contributed by atoms with Gasteiger partial charge in [-0.2, -0.15) is 0 Å². The van der Waals surface area contributed by atoms with Gasteiger partial charge >= 0.3 is 0 Å². The molecule has 6 heteroatoms. The molecule has 138 valence electrons. The zero-order valence-electron chi connectivity index (χ0n) is 15.1. The summed E-state index contributed by atoms with van der Waals surface area (Å²) in [7, 11) is 0. The second-order valence-electron chi connectivity index (χ2n) is 6.84. The van der Waals surface area contributed by atoms with Crippen molar-refractivity contribution in [1.82, 2.24) is 10.6 Å². The van der Waals surface area contributed by atoms with Crippen LogP contribution in [0.4, 0.5) is 0 Å². The Morgan fingerprint density at radius 2 is 1.46 bits per heavy atom. The van der Waals surface area contributed by atoms with Crippen LogP contribution in [0.1, 0.15) is 41.5 Å². The minimum Gasteiger partial charge on any atom is -0.351 e. The highest BCUT2D eigenvalue weighted by molar-refractivity contribution is 7.99. The van der Waals surface area contributed by atoms with E-state index in [1.54, 1.807) is 36.0 Å². The molecule has 2 aromatic rings. The molecule has 4 nitrogen and oxygen atoms in total. The number of thioether (sulfide) groups is 1. The minimum atomic E-state index is -0.297. The first-order chi connectivity index (χ1) is 12.2. The largest absolute Gasteiger partial charge is 0.351 e. The van der Waals surface area contributed by atoms with Crippen LogP contribution in [0.3, 0.4) is 0 Å². The molecular formula is C20H23ClN2O2S. The predicted octanol–water partition coefficient (Wildman–Crippen LogP) is 4.39. The predicted molar refractivity (Wildman–Crippen MR) is 108 cm³/mol. The molecule has 0 aliphatic carbocycles. The van der Waals surface area contributed by atoms with Crippen molar-refractivity contribution >= 4 is 35.2 Å². The number of rotatable bonds is 6. The van der Waals surface area contributed by atoms with Gasteiger partial charge in [0.05, 0.1) is 0 Å². The molecule has 0 aromatic heterocycles. The van der Waals surface area contributed by atoms with E-state index in [1.165, 1.54) is 0 Å². The number of hydrogen-bond donors (Lipinski definition) is 2. The van der Waals surface area contributed by atoms with E-state index in [2.05, 4.69) is 10.6 Å². The number of hydrogen-bond acceptors (Lipinski definition) is 3. The van der Waals surface area contributed by atoms with Crippen LogP contribution in [0.5, 0.6) is 0 Å². The summed E-state index contributed by atoms with van der Waals surface area (Å²) < 4.78 is 0. The zero-order chi connectivity index (χ0) is 19.2. The zero-order valence-corrected chi connectivity index (χ0v) is 16.7. The third kappa shape index (κ3) is 6.73. The summed E-state index contributed by atoms with van der Waals surface area (Å²) in [5.74, 6) is 0.465. The number of benzene rings is 2. The lowest BCUT2D eigenvalue weighted by Gasteiger charge is -2.20. The fourth-order valence-electron chi connectivity index (χ4n) is 2.15. The maximum Gasteiger partial charge on any atom is 0.251 e. The molecule has 2 aromatic carbocycles. The van der Waals surface area contributed by atoms with E-state index >= 15 is 0 Å².